The Kier molecular flexibility index (Phi) is 4.45. The molecule has 0 aliphatic heterocycles. The molecule has 0 saturated heterocycles. The average molecular weight is 334 g/mol. The molecule has 0 atom stereocenters. The fourth-order valence-electron chi connectivity index (χ4n) is 3.26. The molecule has 4 nitrogen and oxygen atoms in total. The van der Waals surface area contributed by atoms with Gasteiger partial charge in [0.25, 0.3) is 0 Å². The van der Waals surface area contributed by atoms with Gasteiger partial charge in [-0.15, -0.1) is 0 Å². The standard InChI is InChI=1S/C21H22N2O2/c1-5-15-6-7-22-17(10-15)12-23-19(21(24)25)11-16-8-14(4)9-18(13(2)3)20(16)23/h5-11,13H,1,12H2,2-4H3,(H,24,25). The van der Waals surface area contributed by atoms with Crippen molar-refractivity contribution >= 4 is 22.9 Å². The number of hydrogen-bond acceptors (Lipinski definition) is 2. The van der Waals surface area contributed by atoms with E-state index < -0.39 is 5.97 Å². The van der Waals surface area contributed by atoms with E-state index in [1.807, 2.05) is 29.7 Å². The summed E-state index contributed by atoms with van der Waals surface area (Å²) in [6.07, 6.45) is 3.49. The Morgan fingerprint density at radius 1 is 1.32 bits per heavy atom. The number of benzene rings is 1. The number of rotatable bonds is 5. The summed E-state index contributed by atoms with van der Waals surface area (Å²) in [6.45, 7) is 10.5. The summed E-state index contributed by atoms with van der Waals surface area (Å²) in [5.41, 5.74) is 5.34. The Morgan fingerprint density at radius 2 is 2.08 bits per heavy atom. The van der Waals surface area contributed by atoms with Gasteiger partial charge in [-0.3, -0.25) is 4.98 Å². The van der Waals surface area contributed by atoms with Gasteiger partial charge >= 0.3 is 5.97 Å². The van der Waals surface area contributed by atoms with Crippen LogP contribution in [0, 0.1) is 6.92 Å². The highest BCUT2D eigenvalue weighted by atomic mass is 16.4. The molecule has 0 unspecified atom stereocenters. The number of nitrogens with zero attached hydrogens (tertiary/aromatic N) is 2. The second-order valence-electron chi connectivity index (χ2n) is 6.65. The zero-order valence-electron chi connectivity index (χ0n) is 14.8. The summed E-state index contributed by atoms with van der Waals surface area (Å²) in [4.78, 5) is 16.2. The molecule has 0 radical (unpaired) electrons. The smallest absolute Gasteiger partial charge is 0.352 e. The first-order valence-corrected chi connectivity index (χ1v) is 8.35. The van der Waals surface area contributed by atoms with Crippen LogP contribution in [0.2, 0.25) is 0 Å². The topological polar surface area (TPSA) is 55.1 Å². The van der Waals surface area contributed by atoms with Gasteiger partial charge in [0.2, 0.25) is 0 Å². The van der Waals surface area contributed by atoms with Crippen LogP contribution in [0.1, 0.15) is 52.6 Å². The summed E-state index contributed by atoms with van der Waals surface area (Å²) in [5, 5.41) is 10.6. The summed E-state index contributed by atoms with van der Waals surface area (Å²) in [6, 6.07) is 9.76. The van der Waals surface area contributed by atoms with Crippen molar-refractivity contribution in [2.75, 3.05) is 0 Å². The molecule has 0 amide bonds. The Hall–Kier alpha value is -2.88. The van der Waals surface area contributed by atoms with E-state index in [1.54, 1.807) is 18.3 Å². The van der Waals surface area contributed by atoms with Gasteiger partial charge in [0.15, 0.2) is 0 Å². The molecule has 1 N–H and O–H groups in total. The van der Waals surface area contributed by atoms with Gasteiger partial charge in [-0.2, -0.15) is 0 Å². The molecule has 0 spiro atoms. The van der Waals surface area contributed by atoms with Gasteiger partial charge in [0.05, 0.1) is 17.8 Å². The zero-order valence-corrected chi connectivity index (χ0v) is 14.8. The monoisotopic (exact) mass is 334 g/mol. The average Bonchev–Trinajstić information content (AvgIpc) is 2.92. The van der Waals surface area contributed by atoms with Gasteiger partial charge in [-0.25, -0.2) is 4.79 Å². The Bertz CT molecular complexity index is 967. The van der Waals surface area contributed by atoms with Crippen LogP contribution >= 0.6 is 0 Å². The molecule has 1 aromatic carbocycles. The van der Waals surface area contributed by atoms with Crippen LogP contribution in [-0.4, -0.2) is 20.6 Å². The van der Waals surface area contributed by atoms with E-state index >= 15 is 0 Å². The highest BCUT2D eigenvalue weighted by Crippen LogP contribution is 2.30. The van der Waals surface area contributed by atoms with Crippen molar-refractivity contribution in [1.29, 1.82) is 0 Å². The van der Waals surface area contributed by atoms with E-state index in [0.717, 1.165) is 33.3 Å². The fraction of sp³-hybridized carbons (Fsp3) is 0.238. The van der Waals surface area contributed by atoms with Crippen molar-refractivity contribution in [2.24, 2.45) is 0 Å². The van der Waals surface area contributed by atoms with Crippen molar-refractivity contribution in [2.45, 2.75) is 33.2 Å². The van der Waals surface area contributed by atoms with Crippen LogP contribution in [0.5, 0.6) is 0 Å². The van der Waals surface area contributed by atoms with Crippen molar-refractivity contribution < 1.29 is 9.90 Å². The van der Waals surface area contributed by atoms with E-state index in [9.17, 15) is 9.90 Å². The van der Waals surface area contributed by atoms with Crippen LogP contribution < -0.4 is 0 Å². The summed E-state index contributed by atoms with van der Waals surface area (Å²) >= 11 is 0. The van der Waals surface area contributed by atoms with Crippen LogP contribution in [0.25, 0.3) is 17.0 Å². The minimum Gasteiger partial charge on any atom is -0.477 e. The molecule has 25 heavy (non-hydrogen) atoms. The number of pyridine rings is 1. The highest BCUT2D eigenvalue weighted by Gasteiger charge is 2.19. The van der Waals surface area contributed by atoms with Crippen molar-refractivity contribution in [3.05, 3.63) is 71.2 Å². The Balaban J connectivity index is 2.25. The molecule has 128 valence electrons. The summed E-state index contributed by atoms with van der Waals surface area (Å²) in [5.74, 6) is -0.631. The molecular formula is C21H22N2O2. The number of carboxylic acid groups (broad SMARTS) is 1. The van der Waals surface area contributed by atoms with Gasteiger partial charge in [-0.05, 0) is 48.2 Å². The lowest BCUT2D eigenvalue weighted by atomic mass is 9.98. The lowest BCUT2D eigenvalue weighted by molar-refractivity contribution is 0.0686. The largest absolute Gasteiger partial charge is 0.477 e. The van der Waals surface area contributed by atoms with E-state index in [4.69, 9.17) is 0 Å². The molecule has 3 rings (SSSR count). The molecule has 4 heteroatoms. The SMILES string of the molecule is C=Cc1ccnc(Cn2c(C(=O)O)cc3cc(C)cc(C(C)C)c32)c1. The highest BCUT2D eigenvalue weighted by molar-refractivity contribution is 5.96. The number of aryl methyl sites for hydroxylation is 1. The number of fused-ring (bicyclic) bond motifs is 1. The maximum absolute atomic E-state index is 11.8. The molecule has 0 bridgehead atoms. The van der Waals surface area contributed by atoms with Crippen molar-refractivity contribution in [3.8, 4) is 0 Å². The molecule has 2 heterocycles. The Labute approximate surface area is 147 Å². The maximum Gasteiger partial charge on any atom is 0.352 e. The first kappa shape index (κ1) is 17.0. The van der Waals surface area contributed by atoms with E-state index in [1.165, 1.54) is 0 Å². The first-order valence-electron chi connectivity index (χ1n) is 8.35. The first-order chi connectivity index (χ1) is 11.9. The van der Waals surface area contributed by atoms with Crippen molar-refractivity contribution in [1.82, 2.24) is 9.55 Å². The zero-order chi connectivity index (χ0) is 18.1. The summed E-state index contributed by atoms with van der Waals surface area (Å²) in [7, 11) is 0. The third kappa shape index (κ3) is 3.20. The molecular weight excluding hydrogens is 312 g/mol. The minimum atomic E-state index is -0.927. The molecule has 0 saturated carbocycles. The van der Waals surface area contributed by atoms with Crippen LogP contribution in [0.3, 0.4) is 0 Å². The lowest BCUT2D eigenvalue weighted by Gasteiger charge is -2.15. The van der Waals surface area contributed by atoms with Gasteiger partial charge in [-0.1, -0.05) is 38.1 Å². The van der Waals surface area contributed by atoms with E-state index in [2.05, 4.69) is 31.5 Å². The third-order valence-corrected chi connectivity index (χ3v) is 4.40. The normalized spacial score (nSPS) is 11.2. The lowest BCUT2D eigenvalue weighted by Crippen LogP contribution is -2.11. The van der Waals surface area contributed by atoms with E-state index in [-0.39, 0.29) is 5.69 Å². The van der Waals surface area contributed by atoms with Crippen LogP contribution in [0.4, 0.5) is 0 Å². The van der Waals surface area contributed by atoms with Gasteiger partial charge in [0.1, 0.15) is 5.69 Å². The fourth-order valence-corrected chi connectivity index (χ4v) is 3.26. The van der Waals surface area contributed by atoms with Crippen molar-refractivity contribution in [3.63, 3.8) is 0 Å². The Morgan fingerprint density at radius 3 is 2.72 bits per heavy atom. The predicted molar refractivity (Wildman–Crippen MR) is 101 cm³/mol. The molecule has 2 aromatic heterocycles. The van der Waals surface area contributed by atoms with Gasteiger partial charge in [0, 0.05) is 11.6 Å². The second kappa shape index (κ2) is 6.55. The number of carbonyl (C=O) groups is 1. The summed E-state index contributed by atoms with van der Waals surface area (Å²) < 4.78 is 1.86. The van der Waals surface area contributed by atoms with Crippen LogP contribution in [0.15, 0.2) is 43.1 Å². The quantitative estimate of drug-likeness (QED) is 0.725. The molecule has 0 aliphatic carbocycles. The third-order valence-electron chi connectivity index (χ3n) is 4.40. The molecule has 0 fully saturated rings. The minimum absolute atomic E-state index is 0.285. The number of aromatic nitrogens is 2. The second-order valence-corrected chi connectivity index (χ2v) is 6.65. The molecule has 0 aliphatic rings. The molecule has 3 aromatic rings. The van der Waals surface area contributed by atoms with Gasteiger partial charge < -0.3 is 9.67 Å². The number of aromatic carboxylic acids is 1. The van der Waals surface area contributed by atoms with Crippen LogP contribution in [-0.2, 0) is 6.54 Å². The predicted octanol–water partition coefficient (Wildman–Crippen LogP) is 4.86. The number of hydrogen-bond donors (Lipinski definition) is 1. The van der Waals surface area contributed by atoms with E-state index in [0.29, 0.717) is 12.5 Å². The number of carboxylic acids is 1. The maximum atomic E-state index is 11.8.